The van der Waals surface area contributed by atoms with Gasteiger partial charge in [0, 0.05) is 43.4 Å². The minimum Gasteiger partial charge on any atom is -0.360 e. The number of Topliss-reactive ketones (excluding diaryl/α,β-unsaturated/α-hetero) is 1. The van der Waals surface area contributed by atoms with Gasteiger partial charge in [0.15, 0.2) is 11.5 Å². The highest BCUT2D eigenvalue weighted by atomic mass is 19.4. The Hall–Kier alpha value is -4.92. The Labute approximate surface area is 226 Å². The Balaban J connectivity index is 1.62. The van der Waals surface area contributed by atoms with Crippen molar-refractivity contribution in [2.24, 2.45) is 0 Å². The van der Waals surface area contributed by atoms with Gasteiger partial charge in [0.25, 0.3) is 5.91 Å². The molecule has 0 bridgehead atoms. The molecule has 40 heavy (non-hydrogen) atoms. The maximum absolute atomic E-state index is 13.7. The number of anilines is 1. The summed E-state index contributed by atoms with van der Waals surface area (Å²) in [5.41, 5.74) is 0.174. The maximum Gasteiger partial charge on any atom is 0.416 e. The molecule has 5 rings (SSSR count). The first-order valence-corrected chi connectivity index (χ1v) is 12.2. The minimum atomic E-state index is -4.62. The fourth-order valence-electron chi connectivity index (χ4n) is 5.12. The van der Waals surface area contributed by atoms with E-state index in [4.69, 9.17) is 4.52 Å². The summed E-state index contributed by atoms with van der Waals surface area (Å²) in [5.74, 6) is -0.349. The zero-order valence-corrected chi connectivity index (χ0v) is 21.4. The van der Waals surface area contributed by atoms with Gasteiger partial charge in [-0.3, -0.25) is 14.5 Å². The molecule has 1 aliphatic heterocycles. The molecule has 1 aromatic heterocycles. The van der Waals surface area contributed by atoms with Crippen LogP contribution in [0.25, 0.3) is 0 Å². The van der Waals surface area contributed by atoms with Crippen LogP contribution in [0.4, 0.5) is 23.7 Å². The lowest BCUT2D eigenvalue weighted by molar-refractivity contribution is -0.137. The number of carbonyl (C=O) groups excluding carboxylic acids is 3. The first-order valence-electron chi connectivity index (χ1n) is 12.2. The van der Waals surface area contributed by atoms with Gasteiger partial charge < -0.3 is 14.3 Å². The van der Waals surface area contributed by atoms with Crippen LogP contribution in [0.15, 0.2) is 70.5 Å². The predicted octanol–water partition coefficient (Wildman–Crippen LogP) is 5.07. The van der Waals surface area contributed by atoms with Crippen molar-refractivity contribution in [1.82, 2.24) is 15.0 Å². The van der Waals surface area contributed by atoms with E-state index in [-0.39, 0.29) is 53.3 Å². The minimum absolute atomic E-state index is 0.0183. The summed E-state index contributed by atoms with van der Waals surface area (Å²) in [7, 11) is 2.96. The third-order valence-corrected chi connectivity index (χ3v) is 6.99. The number of allylic oxidation sites excluding steroid dienone is 1. The molecule has 2 aliphatic rings. The topological polar surface area (TPSA) is 111 Å². The monoisotopic (exact) mass is 549 g/mol. The Morgan fingerprint density at radius 2 is 1.95 bits per heavy atom. The fraction of sp³-hybridized carbons (Fsp3) is 0.250. The summed E-state index contributed by atoms with van der Waals surface area (Å²) in [6.45, 7) is 0.0741. The van der Waals surface area contributed by atoms with Crippen LogP contribution < -0.4 is 4.90 Å². The van der Waals surface area contributed by atoms with E-state index >= 15 is 0 Å². The number of hydrogen-bond donors (Lipinski definition) is 0. The number of nitrogens with zero attached hydrogens (tertiary/aromatic N) is 5. The lowest BCUT2D eigenvalue weighted by Gasteiger charge is -2.41. The Morgan fingerprint density at radius 3 is 2.62 bits per heavy atom. The number of aromatic nitrogens is 1. The molecule has 204 valence electrons. The lowest BCUT2D eigenvalue weighted by atomic mass is 9.88. The first kappa shape index (κ1) is 26.7. The summed E-state index contributed by atoms with van der Waals surface area (Å²) in [6.07, 6.45) is -2.98. The van der Waals surface area contributed by atoms with E-state index in [9.17, 15) is 32.8 Å². The molecule has 0 saturated heterocycles. The highest BCUT2D eigenvalue weighted by molar-refractivity contribution is 6.09. The standard InChI is InChI=1S/C28H22F3N5O4/c1-34(15-19-10-11-33-40-19)26(38)21-12-16(14-32)6-7-20(21)25-24-22(8-9-23(24)37)36(27(39)35(25)2)18-5-3-4-17(13-18)28(29,30)31/h3-7,10-13,25H,8-9,15H2,1-2H3. The summed E-state index contributed by atoms with van der Waals surface area (Å²) < 4.78 is 45.4. The first-order chi connectivity index (χ1) is 19.0. The van der Waals surface area contributed by atoms with Gasteiger partial charge in [0.2, 0.25) is 0 Å². The number of likely N-dealkylation sites (N-methyl/N-ethyl adjacent to an activating group) is 1. The predicted molar refractivity (Wildman–Crippen MR) is 135 cm³/mol. The molecule has 12 heteroatoms. The van der Waals surface area contributed by atoms with E-state index < -0.39 is 29.7 Å². The van der Waals surface area contributed by atoms with Crippen molar-refractivity contribution < 1.29 is 32.1 Å². The number of rotatable bonds is 5. The van der Waals surface area contributed by atoms with Gasteiger partial charge in [-0.25, -0.2) is 4.79 Å². The average molecular weight is 550 g/mol. The third-order valence-electron chi connectivity index (χ3n) is 6.99. The van der Waals surface area contributed by atoms with Crippen LogP contribution in [-0.2, 0) is 17.5 Å². The van der Waals surface area contributed by atoms with Crippen molar-refractivity contribution in [2.45, 2.75) is 31.6 Å². The lowest BCUT2D eigenvalue weighted by Crippen LogP contribution is -2.48. The quantitative estimate of drug-likeness (QED) is 0.440. The zero-order valence-electron chi connectivity index (χ0n) is 21.4. The Bertz CT molecular complexity index is 1590. The highest BCUT2D eigenvalue weighted by Crippen LogP contribution is 2.46. The van der Waals surface area contributed by atoms with E-state index in [1.165, 1.54) is 60.4 Å². The molecule has 1 aliphatic carbocycles. The smallest absolute Gasteiger partial charge is 0.360 e. The summed E-state index contributed by atoms with van der Waals surface area (Å²) in [4.78, 5) is 44.3. The van der Waals surface area contributed by atoms with Crippen LogP contribution in [0.3, 0.4) is 0 Å². The number of ketones is 1. The number of benzene rings is 2. The van der Waals surface area contributed by atoms with Crippen LogP contribution >= 0.6 is 0 Å². The van der Waals surface area contributed by atoms with Crippen molar-refractivity contribution in [3.8, 4) is 6.07 Å². The van der Waals surface area contributed by atoms with Crippen LogP contribution in [0.1, 0.15) is 51.7 Å². The molecular weight excluding hydrogens is 527 g/mol. The van der Waals surface area contributed by atoms with Crippen LogP contribution in [-0.4, -0.2) is 46.8 Å². The number of nitriles is 1. The second kappa shape index (κ2) is 10.00. The second-order valence-electron chi connectivity index (χ2n) is 9.52. The second-order valence-corrected chi connectivity index (χ2v) is 9.52. The molecule has 0 spiro atoms. The summed E-state index contributed by atoms with van der Waals surface area (Å²) in [6, 6.07) is 10.7. The third kappa shape index (κ3) is 4.59. The molecule has 2 heterocycles. The van der Waals surface area contributed by atoms with Crippen LogP contribution in [0.2, 0.25) is 0 Å². The molecule has 1 unspecified atom stereocenters. The number of amides is 3. The van der Waals surface area contributed by atoms with Crippen molar-refractivity contribution in [1.29, 1.82) is 5.26 Å². The molecule has 0 N–H and O–H groups in total. The molecule has 1 atom stereocenters. The van der Waals surface area contributed by atoms with Gasteiger partial charge in [-0.1, -0.05) is 17.3 Å². The van der Waals surface area contributed by atoms with E-state index in [1.807, 2.05) is 6.07 Å². The average Bonchev–Trinajstić information content (AvgIpc) is 3.58. The van der Waals surface area contributed by atoms with E-state index in [0.29, 0.717) is 11.3 Å². The number of alkyl halides is 3. The molecular formula is C28H22F3N5O4. The molecule has 0 saturated carbocycles. The van der Waals surface area contributed by atoms with Crippen molar-refractivity contribution in [3.05, 3.63) is 94.0 Å². The van der Waals surface area contributed by atoms with Crippen LogP contribution in [0, 0.1) is 11.3 Å². The van der Waals surface area contributed by atoms with Gasteiger partial charge in [-0.15, -0.1) is 0 Å². The number of carbonyl (C=O) groups is 3. The van der Waals surface area contributed by atoms with E-state index in [2.05, 4.69) is 5.16 Å². The zero-order chi connectivity index (χ0) is 28.8. The fourth-order valence-corrected chi connectivity index (χ4v) is 5.12. The maximum atomic E-state index is 13.7. The SMILES string of the molecule is CN(Cc1ccno1)C(=O)c1cc(C#N)ccc1C1C2=C(CCC2=O)N(c2cccc(C(F)(F)F)c2)C(=O)N1C. The van der Waals surface area contributed by atoms with Gasteiger partial charge in [0.1, 0.15) is 0 Å². The number of halogens is 3. The summed E-state index contributed by atoms with van der Waals surface area (Å²) >= 11 is 0. The molecule has 0 radical (unpaired) electrons. The Morgan fingerprint density at radius 1 is 1.18 bits per heavy atom. The summed E-state index contributed by atoms with van der Waals surface area (Å²) in [5, 5.41) is 13.1. The normalized spacial score (nSPS) is 17.2. The molecule has 3 amide bonds. The van der Waals surface area contributed by atoms with E-state index in [0.717, 1.165) is 17.0 Å². The van der Waals surface area contributed by atoms with Crippen LogP contribution in [0.5, 0.6) is 0 Å². The Kier molecular flexibility index (Phi) is 6.67. The van der Waals surface area contributed by atoms with Crippen molar-refractivity contribution in [2.75, 3.05) is 19.0 Å². The number of hydrogen-bond acceptors (Lipinski definition) is 6. The molecule has 3 aromatic rings. The molecule has 9 nitrogen and oxygen atoms in total. The molecule has 2 aromatic carbocycles. The highest BCUT2D eigenvalue weighted by Gasteiger charge is 2.46. The van der Waals surface area contributed by atoms with Gasteiger partial charge in [-0.2, -0.15) is 18.4 Å². The van der Waals surface area contributed by atoms with E-state index in [1.54, 1.807) is 6.07 Å². The van der Waals surface area contributed by atoms with Gasteiger partial charge in [-0.05, 0) is 42.3 Å². The van der Waals surface area contributed by atoms with Crippen molar-refractivity contribution in [3.63, 3.8) is 0 Å². The molecule has 0 fully saturated rings. The number of urea groups is 1. The van der Waals surface area contributed by atoms with Crippen molar-refractivity contribution >= 4 is 23.4 Å². The van der Waals surface area contributed by atoms with Gasteiger partial charge in [0.05, 0.1) is 41.7 Å². The largest absolute Gasteiger partial charge is 0.416 e. The van der Waals surface area contributed by atoms with Gasteiger partial charge >= 0.3 is 12.2 Å².